The zero-order valence-corrected chi connectivity index (χ0v) is 20.7. The standard InChI is InChI=1S/C27H35ClN4O2/c1-3-21(14-17-30-16-7-15-29-4-2)31-26(33)20-11-10-19-12-13-25(23(19)18-20)32-27(34)22-8-5-6-9-24(22)28/h4-11,15-16,18-19,21,23,25-26,31,33H,3,12-14,17H2,1-2H3,(H,32,34)/b15-7-,29-4?,30-16?/t19?,21?,23?,25-,26?/m1/s1. The summed E-state index contributed by atoms with van der Waals surface area (Å²) >= 11 is 6.20. The monoisotopic (exact) mass is 482 g/mol. The summed E-state index contributed by atoms with van der Waals surface area (Å²) in [5, 5.41) is 17.8. The van der Waals surface area contributed by atoms with Crippen LogP contribution in [0.3, 0.4) is 0 Å². The van der Waals surface area contributed by atoms with Crippen LogP contribution in [0.2, 0.25) is 5.02 Å². The van der Waals surface area contributed by atoms with Crippen molar-refractivity contribution in [1.29, 1.82) is 0 Å². The number of rotatable bonds is 11. The number of aliphatic hydroxyl groups is 1. The smallest absolute Gasteiger partial charge is 0.253 e. The Balaban J connectivity index is 1.56. The van der Waals surface area contributed by atoms with Gasteiger partial charge in [-0.05, 0) is 62.3 Å². The van der Waals surface area contributed by atoms with Crippen molar-refractivity contribution in [2.45, 2.75) is 57.8 Å². The molecule has 0 bridgehead atoms. The number of carbonyl (C=O) groups excluding carboxylic acids is 1. The highest BCUT2D eigenvalue weighted by atomic mass is 35.5. The van der Waals surface area contributed by atoms with Gasteiger partial charge in [0.25, 0.3) is 5.91 Å². The molecule has 1 amide bonds. The average Bonchev–Trinajstić information content (AvgIpc) is 3.24. The van der Waals surface area contributed by atoms with Gasteiger partial charge in [-0.15, -0.1) is 0 Å². The van der Waals surface area contributed by atoms with E-state index in [9.17, 15) is 9.90 Å². The van der Waals surface area contributed by atoms with Crippen LogP contribution < -0.4 is 10.6 Å². The summed E-state index contributed by atoms with van der Waals surface area (Å²) in [6.07, 6.45) is 16.2. The Bertz CT molecular complexity index is 969. The van der Waals surface area contributed by atoms with Crippen LogP contribution >= 0.6 is 11.6 Å². The van der Waals surface area contributed by atoms with Gasteiger partial charge in [0, 0.05) is 43.2 Å². The SMILES string of the molecule is CC=N/C=C\C=NCCC(CC)NC(O)C1=CC2C(C=C1)CC[C@H]2NC(=O)c1ccccc1Cl. The van der Waals surface area contributed by atoms with E-state index in [0.717, 1.165) is 31.3 Å². The molecule has 7 heteroatoms. The van der Waals surface area contributed by atoms with Crippen molar-refractivity contribution in [2.24, 2.45) is 21.8 Å². The van der Waals surface area contributed by atoms with Crippen LogP contribution in [-0.4, -0.2) is 48.3 Å². The molecule has 5 atom stereocenters. The molecular formula is C27H35ClN4O2. The van der Waals surface area contributed by atoms with Crippen molar-refractivity contribution in [3.05, 3.63) is 70.9 Å². The molecule has 3 N–H and O–H groups in total. The van der Waals surface area contributed by atoms with Crippen molar-refractivity contribution in [3.63, 3.8) is 0 Å². The molecule has 1 fully saturated rings. The molecule has 1 aromatic carbocycles. The van der Waals surface area contributed by atoms with Gasteiger partial charge in [-0.3, -0.25) is 20.1 Å². The lowest BCUT2D eigenvalue weighted by Gasteiger charge is -2.28. The topological polar surface area (TPSA) is 86.1 Å². The summed E-state index contributed by atoms with van der Waals surface area (Å²) in [4.78, 5) is 21.1. The first-order chi connectivity index (χ1) is 16.5. The first-order valence-electron chi connectivity index (χ1n) is 12.1. The first kappa shape index (κ1) is 26.1. The molecule has 34 heavy (non-hydrogen) atoms. The molecule has 0 aliphatic heterocycles. The fourth-order valence-electron chi connectivity index (χ4n) is 4.54. The average molecular weight is 483 g/mol. The van der Waals surface area contributed by atoms with Crippen molar-refractivity contribution < 1.29 is 9.90 Å². The molecule has 0 radical (unpaired) electrons. The highest BCUT2D eigenvalue weighted by Crippen LogP contribution is 2.38. The molecule has 2 aliphatic rings. The molecule has 0 aromatic heterocycles. The number of carbonyl (C=O) groups is 1. The van der Waals surface area contributed by atoms with Crippen molar-refractivity contribution in [1.82, 2.24) is 10.6 Å². The number of hydrogen-bond donors (Lipinski definition) is 3. The number of benzene rings is 1. The minimum Gasteiger partial charge on any atom is -0.374 e. The van der Waals surface area contributed by atoms with E-state index in [1.165, 1.54) is 0 Å². The van der Waals surface area contributed by atoms with E-state index in [0.29, 0.717) is 23.0 Å². The number of nitrogens with zero attached hydrogens (tertiary/aromatic N) is 2. The number of fused-ring (bicyclic) bond motifs is 1. The predicted octanol–water partition coefficient (Wildman–Crippen LogP) is 4.71. The van der Waals surface area contributed by atoms with E-state index < -0.39 is 6.23 Å². The third-order valence-electron chi connectivity index (χ3n) is 6.45. The Hall–Kier alpha value is -2.54. The maximum absolute atomic E-state index is 12.8. The number of aliphatic hydroxyl groups excluding tert-OH is 1. The minimum absolute atomic E-state index is 0.0160. The molecule has 1 aromatic rings. The van der Waals surface area contributed by atoms with Gasteiger partial charge in [0.1, 0.15) is 6.23 Å². The van der Waals surface area contributed by atoms with E-state index in [1.807, 2.05) is 25.1 Å². The van der Waals surface area contributed by atoms with Gasteiger partial charge in [-0.2, -0.15) is 0 Å². The quantitative estimate of drug-likeness (QED) is 0.315. The second-order valence-corrected chi connectivity index (χ2v) is 9.08. The molecule has 1 saturated carbocycles. The molecule has 6 nitrogen and oxygen atoms in total. The summed E-state index contributed by atoms with van der Waals surface area (Å²) in [7, 11) is 0. The molecule has 4 unspecified atom stereocenters. The van der Waals surface area contributed by atoms with Gasteiger partial charge in [0.2, 0.25) is 0 Å². The molecule has 3 rings (SSSR count). The van der Waals surface area contributed by atoms with Crippen LogP contribution in [0.1, 0.15) is 49.9 Å². The third-order valence-corrected chi connectivity index (χ3v) is 6.78. The molecular weight excluding hydrogens is 448 g/mol. The predicted molar refractivity (Wildman–Crippen MR) is 141 cm³/mol. The highest BCUT2D eigenvalue weighted by molar-refractivity contribution is 6.33. The van der Waals surface area contributed by atoms with E-state index in [-0.39, 0.29) is 23.9 Å². The van der Waals surface area contributed by atoms with Crippen LogP contribution in [0.5, 0.6) is 0 Å². The normalized spacial score (nSPS) is 24.0. The van der Waals surface area contributed by atoms with Crippen molar-refractivity contribution >= 4 is 29.9 Å². The number of halogens is 1. The summed E-state index contributed by atoms with van der Waals surface area (Å²) in [5.74, 6) is 0.376. The Morgan fingerprint density at radius 2 is 2.15 bits per heavy atom. The maximum Gasteiger partial charge on any atom is 0.253 e. The highest BCUT2D eigenvalue weighted by Gasteiger charge is 2.37. The van der Waals surface area contributed by atoms with Crippen LogP contribution in [0, 0.1) is 11.8 Å². The second-order valence-electron chi connectivity index (χ2n) is 8.67. The van der Waals surface area contributed by atoms with Crippen LogP contribution in [0.4, 0.5) is 0 Å². The summed E-state index contributed by atoms with van der Waals surface area (Å²) in [5.41, 5.74) is 1.34. The van der Waals surface area contributed by atoms with Crippen molar-refractivity contribution in [3.8, 4) is 0 Å². The lowest BCUT2D eigenvalue weighted by molar-refractivity contribution is 0.0931. The van der Waals surface area contributed by atoms with Gasteiger partial charge in [0.05, 0.1) is 10.6 Å². The van der Waals surface area contributed by atoms with Gasteiger partial charge >= 0.3 is 0 Å². The summed E-state index contributed by atoms with van der Waals surface area (Å²) in [6.45, 7) is 4.64. The molecule has 0 saturated heterocycles. The largest absolute Gasteiger partial charge is 0.374 e. The summed E-state index contributed by atoms with van der Waals surface area (Å²) < 4.78 is 0. The Morgan fingerprint density at radius 1 is 1.32 bits per heavy atom. The second kappa shape index (κ2) is 13.4. The van der Waals surface area contributed by atoms with Gasteiger partial charge < -0.3 is 10.4 Å². The zero-order chi connectivity index (χ0) is 24.3. The molecule has 0 spiro atoms. The van der Waals surface area contributed by atoms with E-state index >= 15 is 0 Å². The minimum atomic E-state index is -0.759. The van der Waals surface area contributed by atoms with Crippen LogP contribution in [-0.2, 0) is 0 Å². The molecule has 182 valence electrons. The number of hydrogen-bond acceptors (Lipinski definition) is 5. The summed E-state index contributed by atoms with van der Waals surface area (Å²) in [6, 6.07) is 7.26. The lowest BCUT2D eigenvalue weighted by atomic mass is 9.86. The Labute approximate surface area is 207 Å². The fourth-order valence-corrected chi connectivity index (χ4v) is 4.76. The molecule has 2 aliphatic carbocycles. The Morgan fingerprint density at radius 3 is 2.91 bits per heavy atom. The van der Waals surface area contributed by atoms with Crippen LogP contribution in [0.15, 0.2) is 70.3 Å². The van der Waals surface area contributed by atoms with Crippen LogP contribution in [0.25, 0.3) is 0 Å². The van der Waals surface area contributed by atoms with Gasteiger partial charge in [-0.25, -0.2) is 0 Å². The Kier molecular flexibility index (Phi) is 10.3. The maximum atomic E-state index is 12.8. The van der Waals surface area contributed by atoms with Crippen molar-refractivity contribution in [2.75, 3.05) is 6.54 Å². The van der Waals surface area contributed by atoms with Gasteiger partial charge in [-0.1, -0.05) is 48.9 Å². The number of amides is 1. The number of allylic oxidation sites excluding steroid dienone is 2. The lowest BCUT2D eigenvalue weighted by Crippen LogP contribution is -2.41. The first-order valence-corrected chi connectivity index (χ1v) is 12.4. The molecule has 0 heterocycles. The van der Waals surface area contributed by atoms with E-state index in [4.69, 9.17) is 11.6 Å². The fraction of sp³-hybridized carbons (Fsp3) is 0.444. The number of aliphatic imine (C=N–C) groups is 2. The van der Waals surface area contributed by atoms with Gasteiger partial charge in [0.15, 0.2) is 0 Å². The van der Waals surface area contributed by atoms with E-state index in [2.05, 4.69) is 39.7 Å². The number of nitrogens with one attached hydrogen (secondary N) is 2. The zero-order valence-electron chi connectivity index (χ0n) is 19.9. The van der Waals surface area contributed by atoms with E-state index in [1.54, 1.807) is 36.8 Å². The third kappa shape index (κ3) is 7.23.